The highest BCUT2D eigenvalue weighted by Gasteiger charge is 2.45. The second kappa shape index (κ2) is 8.13. The molecule has 0 atom stereocenters. The summed E-state index contributed by atoms with van der Waals surface area (Å²) in [4.78, 5) is 19.7. The zero-order valence-electron chi connectivity index (χ0n) is 19.8. The molecule has 1 aliphatic carbocycles. The number of rotatable bonds is 6. The molecule has 0 spiro atoms. The molecule has 176 valence electrons. The van der Waals surface area contributed by atoms with Gasteiger partial charge in [0.15, 0.2) is 9.84 Å². The summed E-state index contributed by atoms with van der Waals surface area (Å²) in [5.41, 5.74) is 1.72. The van der Waals surface area contributed by atoms with Crippen molar-refractivity contribution in [3.8, 4) is 0 Å². The fourth-order valence-corrected chi connectivity index (χ4v) is 5.72. The number of benzene rings is 1. The maximum absolute atomic E-state index is 13.6. The van der Waals surface area contributed by atoms with Gasteiger partial charge in [-0.05, 0) is 56.2 Å². The molecule has 1 aromatic heterocycles. The van der Waals surface area contributed by atoms with E-state index in [9.17, 15) is 13.2 Å². The largest absolute Gasteiger partial charge is 0.378 e. The molecule has 2 heterocycles. The summed E-state index contributed by atoms with van der Waals surface area (Å²) in [7, 11) is -3.91. The van der Waals surface area contributed by atoms with E-state index in [4.69, 9.17) is 9.72 Å². The summed E-state index contributed by atoms with van der Waals surface area (Å²) in [6.07, 6.45) is 3.29. The predicted molar refractivity (Wildman–Crippen MR) is 124 cm³/mol. The highest BCUT2D eigenvalue weighted by atomic mass is 32.2. The van der Waals surface area contributed by atoms with Crippen molar-refractivity contribution in [3.05, 3.63) is 24.0 Å². The van der Waals surface area contributed by atoms with E-state index in [0.717, 1.165) is 24.3 Å². The molecule has 32 heavy (non-hydrogen) atoms. The zero-order valence-corrected chi connectivity index (χ0v) is 20.7. The van der Waals surface area contributed by atoms with Gasteiger partial charge in [0.2, 0.25) is 5.91 Å². The molecule has 1 aromatic carbocycles. The van der Waals surface area contributed by atoms with Gasteiger partial charge in [-0.25, -0.2) is 13.4 Å². The minimum Gasteiger partial charge on any atom is -0.378 e. The summed E-state index contributed by atoms with van der Waals surface area (Å²) >= 11 is 0. The van der Waals surface area contributed by atoms with Crippen LogP contribution in [-0.2, 0) is 32.3 Å². The number of nitrogens with zero attached hydrogens (tertiary/aromatic N) is 3. The molecule has 0 N–H and O–H groups in total. The van der Waals surface area contributed by atoms with Crippen molar-refractivity contribution >= 4 is 26.8 Å². The number of hydrogen-bond acceptors (Lipinski definition) is 5. The molecule has 8 heteroatoms. The molecule has 2 aliphatic rings. The lowest BCUT2D eigenvalue weighted by molar-refractivity contribution is -0.137. The first-order valence-corrected chi connectivity index (χ1v) is 13.0. The van der Waals surface area contributed by atoms with Crippen LogP contribution in [0, 0.1) is 11.3 Å². The van der Waals surface area contributed by atoms with Crippen molar-refractivity contribution in [2.24, 2.45) is 11.3 Å². The van der Waals surface area contributed by atoms with E-state index in [1.54, 1.807) is 17.0 Å². The zero-order chi connectivity index (χ0) is 23.3. The molecular formula is C24H35N3O4S. The lowest BCUT2D eigenvalue weighted by atomic mass is 9.92. The molecule has 4 rings (SSSR count). The van der Waals surface area contributed by atoms with Crippen LogP contribution in [-0.4, -0.2) is 59.8 Å². The Labute approximate surface area is 191 Å². The van der Waals surface area contributed by atoms with E-state index < -0.39 is 14.6 Å². The number of amides is 1. The molecule has 1 amide bonds. The number of imidazole rings is 1. The van der Waals surface area contributed by atoms with Crippen LogP contribution < -0.4 is 0 Å². The molecule has 1 aliphatic heterocycles. The van der Waals surface area contributed by atoms with Gasteiger partial charge in [0.25, 0.3) is 0 Å². The normalized spacial score (nSPS) is 18.3. The van der Waals surface area contributed by atoms with Gasteiger partial charge in [-0.1, -0.05) is 20.8 Å². The number of hydrogen-bond donors (Lipinski definition) is 0. The number of carbonyl (C=O) groups is 1. The summed E-state index contributed by atoms with van der Waals surface area (Å²) in [5.74, 6) is 1.30. The van der Waals surface area contributed by atoms with Crippen molar-refractivity contribution < 1.29 is 17.9 Å². The van der Waals surface area contributed by atoms with Gasteiger partial charge in [0.1, 0.15) is 10.6 Å². The van der Waals surface area contributed by atoms with Crippen molar-refractivity contribution in [2.75, 3.05) is 26.3 Å². The number of aromatic nitrogens is 2. The van der Waals surface area contributed by atoms with E-state index in [1.807, 2.05) is 6.07 Å². The molecule has 0 bridgehead atoms. The molecule has 2 aromatic rings. The molecule has 1 saturated carbocycles. The maximum atomic E-state index is 13.6. The fraction of sp³-hybridized carbons (Fsp3) is 0.667. The first-order valence-electron chi connectivity index (χ1n) is 11.5. The summed E-state index contributed by atoms with van der Waals surface area (Å²) in [6.45, 7) is 12.2. The molecular weight excluding hydrogens is 426 g/mol. The summed E-state index contributed by atoms with van der Waals surface area (Å²) in [6, 6.07) is 5.14. The Kier molecular flexibility index (Phi) is 5.91. The molecule has 0 radical (unpaired) electrons. The molecule has 2 fully saturated rings. The van der Waals surface area contributed by atoms with E-state index in [2.05, 4.69) is 25.3 Å². The Morgan fingerprint density at radius 1 is 1.12 bits per heavy atom. The predicted octanol–water partition coefficient (Wildman–Crippen LogP) is 3.45. The first kappa shape index (κ1) is 23.2. The van der Waals surface area contributed by atoms with Crippen LogP contribution >= 0.6 is 0 Å². The second-order valence-electron chi connectivity index (χ2n) is 10.9. The maximum Gasteiger partial charge on any atom is 0.244 e. The quantitative estimate of drug-likeness (QED) is 0.658. The third-order valence-electron chi connectivity index (χ3n) is 6.42. The van der Waals surface area contributed by atoms with Gasteiger partial charge in [0.05, 0.1) is 29.1 Å². The topological polar surface area (TPSA) is 81.5 Å². The first-order chi connectivity index (χ1) is 14.9. The SMILES string of the molecule is CC(C)(C)Cc1nc2cc(S(=O)(=O)C(C)(C)C(=O)N3CCOCC3)ccc2n1CC1CC1. The van der Waals surface area contributed by atoms with E-state index in [-0.39, 0.29) is 16.2 Å². The summed E-state index contributed by atoms with van der Waals surface area (Å²) in [5, 5.41) is 0. The monoisotopic (exact) mass is 461 g/mol. The summed E-state index contributed by atoms with van der Waals surface area (Å²) < 4.78 is 33.2. The van der Waals surface area contributed by atoms with Gasteiger partial charge in [0, 0.05) is 26.1 Å². The number of sulfone groups is 1. The highest BCUT2D eigenvalue weighted by molar-refractivity contribution is 7.93. The van der Waals surface area contributed by atoms with Crippen LogP contribution in [0.25, 0.3) is 11.0 Å². The number of carbonyl (C=O) groups excluding carboxylic acids is 1. The van der Waals surface area contributed by atoms with Gasteiger partial charge >= 0.3 is 0 Å². The van der Waals surface area contributed by atoms with Crippen molar-refractivity contribution in [3.63, 3.8) is 0 Å². The van der Waals surface area contributed by atoms with E-state index in [0.29, 0.717) is 37.7 Å². The van der Waals surface area contributed by atoms with Crippen LogP contribution in [0.15, 0.2) is 23.1 Å². The Balaban J connectivity index is 1.71. The standard InChI is InChI=1S/C24H35N3O4S/c1-23(2,3)15-21-25-19-14-18(8-9-20(19)27(21)16-17-6-7-17)32(29,30)24(4,5)22(28)26-10-12-31-13-11-26/h8-9,14,17H,6-7,10-13,15-16H2,1-5H3. The highest BCUT2D eigenvalue weighted by Crippen LogP contribution is 2.35. The fourth-order valence-electron chi connectivity index (χ4n) is 4.26. The van der Waals surface area contributed by atoms with Gasteiger partial charge in [-0.15, -0.1) is 0 Å². The average Bonchev–Trinajstić information content (AvgIpc) is 3.49. The van der Waals surface area contributed by atoms with Gasteiger partial charge in [-0.2, -0.15) is 0 Å². The van der Waals surface area contributed by atoms with Crippen molar-refractivity contribution in [1.82, 2.24) is 14.5 Å². The molecule has 0 unspecified atom stereocenters. The van der Waals surface area contributed by atoms with Crippen molar-refractivity contribution in [2.45, 2.75) is 70.1 Å². The number of morpholine rings is 1. The van der Waals surface area contributed by atoms with Gasteiger partial charge in [-0.3, -0.25) is 4.79 Å². The lowest BCUT2D eigenvalue weighted by Crippen LogP contribution is -2.53. The Morgan fingerprint density at radius 2 is 1.78 bits per heavy atom. The average molecular weight is 462 g/mol. The van der Waals surface area contributed by atoms with E-state index >= 15 is 0 Å². The van der Waals surface area contributed by atoms with Crippen LogP contribution in [0.4, 0.5) is 0 Å². The third-order valence-corrected chi connectivity index (χ3v) is 8.81. The van der Waals surface area contributed by atoms with Crippen LogP contribution in [0.1, 0.15) is 53.3 Å². The third kappa shape index (κ3) is 4.44. The Hall–Kier alpha value is -1.93. The Bertz CT molecular complexity index is 1120. The smallest absolute Gasteiger partial charge is 0.244 e. The lowest BCUT2D eigenvalue weighted by Gasteiger charge is -2.33. The van der Waals surface area contributed by atoms with Crippen molar-refractivity contribution in [1.29, 1.82) is 0 Å². The van der Waals surface area contributed by atoms with Crippen LogP contribution in [0.5, 0.6) is 0 Å². The minimum atomic E-state index is -3.91. The second-order valence-corrected chi connectivity index (χ2v) is 13.4. The van der Waals surface area contributed by atoms with Crippen LogP contribution in [0.2, 0.25) is 0 Å². The van der Waals surface area contributed by atoms with Crippen LogP contribution in [0.3, 0.4) is 0 Å². The van der Waals surface area contributed by atoms with E-state index in [1.165, 1.54) is 26.7 Å². The Morgan fingerprint density at radius 3 is 2.38 bits per heavy atom. The molecule has 1 saturated heterocycles. The number of fused-ring (bicyclic) bond motifs is 1. The molecule has 7 nitrogen and oxygen atoms in total. The minimum absolute atomic E-state index is 0.0736. The number of ether oxygens (including phenoxy) is 1. The van der Waals surface area contributed by atoms with Gasteiger partial charge < -0.3 is 14.2 Å².